The smallest absolute Gasteiger partial charge is 0.0701 e. The van der Waals surface area contributed by atoms with E-state index in [1.54, 1.807) is 0 Å². The van der Waals surface area contributed by atoms with E-state index in [2.05, 4.69) is 13.8 Å². The highest BCUT2D eigenvalue weighted by Gasteiger charge is 1.96. The molecule has 0 heterocycles. The molecule has 4 heteroatoms. The maximum absolute atomic E-state index is 5.67. The lowest BCUT2D eigenvalue weighted by Gasteiger charge is -2.07. The van der Waals surface area contributed by atoms with Crippen LogP contribution in [0.4, 0.5) is 0 Å². The SMILES string of the molecule is CCCCCCCCCCCCCCCCCCOCCOCCOCCOCCCCCCC. The summed E-state index contributed by atoms with van der Waals surface area (Å²) >= 11 is 0. The van der Waals surface area contributed by atoms with Gasteiger partial charge in [0.15, 0.2) is 0 Å². The molecule has 0 saturated carbocycles. The summed E-state index contributed by atoms with van der Waals surface area (Å²) in [4.78, 5) is 0. The van der Waals surface area contributed by atoms with E-state index in [1.165, 1.54) is 135 Å². The summed E-state index contributed by atoms with van der Waals surface area (Å²) < 4.78 is 22.3. The number of rotatable bonds is 32. The summed E-state index contributed by atoms with van der Waals surface area (Å²) in [6.07, 6.45) is 28.9. The van der Waals surface area contributed by atoms with Crippen molar-refractivity contribution in [2.24, 2.45) is 0 Å². The van der Waals surface area contributed by atoms with E-state index in [0.717, 1.165) is 13.2 Å². The first-order valence-corrected chi connectivity index (χ1v) is 15.7. The van der Waals surface area contributed by atoms with Gasteiger partial charge in [-0.3, -0.25) is 0 Å². The van der Waals surface area contributed by atoms with Crippen LogP contribution in [0.1, 0.15) is 149 Å². The van der Waals surface area contributed by atoms with Crippen LogP contribution in [0.3, 0.4) is 0 Å². The lowest BCUT2D eigenvalue weighted by molar-refractivity contribution is -0.00248. The number of ether oxygens (including phenoxy) is 4. The maximum Gasteiger partial charge on any atom is 0.0701 e. The molecule has 0 bridgehead atoms. The summed E-state index contributed by atoms with van der Waals surface area (Å²) in [5.74, 6) is 0. The molecular weight excluding hydrogens is 436 g/mol. The van der Waals surface area contributed by atoms with Crippen LogP contribution in [0, 0.1) is 0 Å². The predicted octanol–water partition coefficient (Wildman–Crippen LogP) is 9.28. The zero-order valence-corrected chi connectivity index (χ0v) is 24.1. The number of unbranched alkanes of at least 4 members (excludes halogenated alkanes) is 19. The van der Waals surface area contributed by atoms with E-state index in [4.69, 9.17) is 18.9 Å². The Hall–Kier alpha value is -0.160. The average molecular weight is 501 g/mol. The molecule has 0 fully saturated rings. The van der Waals surface area contributed by atoms with Gasteiger partial charge in [0.05, 0.1) is 39.6 Å². The highest BCUT2D eigenvalue weighted by molar-refractivity contribution is 4.50. The topological polar surface area (TPSA) is 36.9 Å². The first-order valence-electron chi connectivity index (χ1n) is 15.7. The molecule has 0 aromatic heterocycles. The zero-order valence-electron chi connectivity index (χ0n) is 24.1. The Morgan fingerprint density at radius 3 is 0.686 bits per heavy atom. The minimum atomic E-state index is 0.638. The number of hydrogen-bond donors (Lipinski definition) is 0. The Balaban J connectivity index is 3.00. The Morgan fingerprint density at radius 1 is 0.229 bits per heavy atom. The minimum Gasteiger partial charge on any atom is -0.379 e. The molecule has 0 spiro atoms. The van der Waals surface area contributed by atoms with Crippen molar-refractivity contribution in [2.75, 3.05) is 52.9 Å². The standard InChI is InChI=1S/C31H64O4/c1-3-5-7-9-10-11-12-13-14-15-16-17-18-19-21-23-25-33-27-29-35-31-30-34-28-26-32-24-22-20-8-6-4-2/h3-31H2,1-2H3. The molecular formula is C31H64O4. The molecule has 0 aromatic rings. The second-order valence-electron chi connectivity index (χ2n) is 10.2. The van der Waals surface area contributed by atoms with E-state index in [-0.39, 0.29) is 0 Å². The average Bonchev–Trinajstić information content (AvgIpc) is 2.87. The van der Waals surface area contributed by atoms with Gasteiger partial charge in [-0.25, -0.2) is 0 Å². The van der Waals surface area contributed by atoms with Crippen LogP contribution in [0.15, 0.2) is 0 Å². The van der Waals surface area contributed by atoms with Crippen LogP contribution in [0.5, 0.6) is 0 Å². The molecule has 0 saturated heterocycles. The van der Waals surface area contributed by atoms with Crippen molar-refractivity contribution in [3.63, 3.8) is 0 Å². The summed E-state index contributed by atoms with van der Waals surface area (Å²) in [5.41, 5.74) is 0. The van der Waals surface area contributed by atoms with Crippen LogP contribution in [-0.2, 0) is 18.9 Å². The molecule has 212 valence electrons. The van der Waals surface area contributed by atoms with Crippen molar-refractivity contribution < 1.29 is 18.9 Å². The molecule has 0 aliphatic heterocycles. The largest absolute Gasteiger partial charge is 0.379 e. The summed E-state index contributed by atoms with van der Waals surface area (Å²) in [7, 11) is 0. The van der Waals surface area contributed by atoms with Gasteiger partial charge in [0, 0.05) is 13.2 Å². The molecule has 0 radical (unpaired) electrons. The van der Waals surface area contributed by atoms with Gasteiger partial charge in [-0.1, -0.05) is 136 Å². The van der Waals surface area contributed by atoms with Gasteiger partial charge >= 0.3 is 0 Å². The monoisotopic (exact) mass is 500 g/mol. The Kier molecular flexibility index (Phi) is 33.7. The normalized spacial score (nSPS) is 11.5. The molecule has 0 aliphatic carbocycles. The van der Waals surface area contributed by atoms with Crippen LogP contribution in [0.25, 0.3) is 0 Å². The fraction of sp³-hybridized carbons (Fsp3) is 1.00. The summed E-state index contributed by atoms with van der Waals surface area (Å²) in [6.45, 7) is 10.3. The van der Waals surface area contributed by atoms with Gasteiger partial charge in [0.25, 0.3) is 0 Å². The molecule has 0 aromatic carbocycles. The van der Waals surface area contributed by atoms with Crippen molar-refractivity contribution in [1.82, 2.24) is 0 Å². The summed E-state index contributed by atoms with van der Waals surface area (Å²) in [6, 6.07) is 0. The van der Waals surface area contributed by atoms with E-state index in [1.807, 2.05) is 0 Å². The third kappa shape index (κ3) is 33.8. The second kappa shape index (κ2) is 33.8. The van der Waals surface area contributed by atoms with Gasteiger partial charge in [-0.2, -0.15) is 0 Å². The van der Waals surface area contributed by atoms with Gasteiger partial charge in [-0.15, -0.1) is 0 Å². The quantitative estimate of drug-likeness (QED) is 0.0862. The van der Waals surface area contributed by atoms with Crippen molar-refractivity contribution >= 4 is 0 Å². The molecule has 0 unspecified atom stereocenters. The van der Waals surface area contributed by atoms with E-state index < -0.39 is 0 Å². The second-order valence-corrected chi connectivity index (χ2v) is 10.2. The summed E-state index contributed by atoms with van der Waals surface area (Å²) in [5, 5.41) is 0. The van der Waals surface area contributed by atoms with E-state index in [9.17, 15) is 0 Å². The first-order chi connectivity index (χ1) is 17.4. The van der Waals surface area contributed by atoms with E-state index >= 15 is 0 Å². The Morgan fingerprint density at radius 2 is 0.429 bits per heavy atom. The third-order valence-electron chi connectivity index (χ3n) is 6.65. The Labute approximate surface area is 220 Å². The molecule has 4 nitrogen and oxygen atoms in total. The van der Waals surface area contributed by atoms with Gasteiger partial charge < -0.3 is 18.9 Å². The highest BCUT2D eigenvalue weighted by atomic mass is 16.6. The first kappa shape index (κ1) is 34.8. The highest BCUT2D eigenvalue weighted by Crippen LogP contribution is 2.13. The van der Waals surface area contributed by atoms with Crippen LogP contribution < -0.4 is 0 Å². The fourth-order valence-corrected chi connectivity index (χ4v) is 4.32. The number of hydrogen-bond acceptors (Lipinski definition) is 4. The fourth-order valence-electron chi connectivity index (χ4n) is 4.32. The maximum atomic E-state index is 5.67. The van der Waals surface area contributed by atoms with Gasteiger partial charge in [-0.05, 0) is 12.8 Å². The molecule has 0 N–H and O–H groups in total. The molecule has 35 heavy (non-hydrogen) atoms. The van der Waals surface area contributed by atoms with Crippen LogP contribution in [-0.4, -0.2) is 52.9 Å². The molecule has 0 amide bonds. The van der Waals surface area contributed by atoms with Gasteiger partial charge in [0.1, 0.15) is 0 Å². The van der Waals surface area contributed by atoms with Crippen molar-refractivity contribution in [3.8, 4) is 0 Å². The lowest BCUT2D eigenvalue weighted by atomic mass is 10.0. The Bertz CT molecular complexity index is 319. The minimum absolute atomic E-state index is 0.638. The zero-order chi connectivity index (χ0) is 25.3. The lowest BCUT2D eigenvalue weighted by Crippen LogP contribution is -2.12. The van der Waals surface area contributed by atoms with E-state index in [0.29, 0.717) is 39.6 Å². The third-order valence-corrected chi connectivity index (χ3v) is 6.65. The molecule has 0 aliphatic rings. The molecule has 0 atom stereocenters. The van der Waals surface area contributed by atoms with Crippen LogP contribution in [0.2, 0.25) is 0 Å². The van der Waals surface area contributed by atoms with Crippen LogP contribution >= 0.6 is 0 Å². The van der Waals surface area contributed by atoms with Crippen molar-refractivity contribution in [3.05, 3.63) is 0 Å². The van der Waals surface area contributed by atoms with Gasteiger partial charge in [0.2, 0.25) is 0 Å². The predicted molar refractivity (Wildman–Crippen MR) is 152 cm³/mol. The molecule has 0 rings (SSSR count). The van der Waals surface area contributed by atoms with Crippen molar-refractivity contribution in [2.45, 2.75) is 149 Å². The van der Waals surface area contributed by atoms with Crippen molar-refractivity contribution in [1.29, 1.82) is 0 Å².